The normalized spacial score (nSPS) is 20.6. The predicted octanol–water partition coefficient (Wildman–Crippen LogP) is -0.0307. The molecule has 19 heavy (non-hydrogen) atoms. The first kappa shape index (κ1) is 15.3. The molecule has 1 heterocycles. The van der Waals surface area contributed by atoms with Gasteiger partial charge >= 0.3 is 12.0 Å². The highest BCUT2D eigenvalue weighted by Crippen LogP contribution is 2.16. The summed E-state index contributed by atoms with van der Waals surface area (Å²) >= 11 is 0. The second-order valence-corrected chi connectivity index (χ2v) is 5.03. The van der Waals surface area contributed by atoms with Gasteiger partial charge in [0.2, 0.25) is 5.91 Å². The standard InChI is InChI=1S/C12H21N3O4/c1-8(10(16)14(2)3)13-12(19)15-6-4-5-9(7-15)11(17)18/h8-9H,4-7H2,1-3H3,(H,13,19)(H,17,18)/t8?,9-/m1/s1. The average Bonchev–Trinajstić information content (AvgIpc) is 2.37. The van der Waals surface area contributed by atoms with Gasteiger partial charge in [0, 0.05) is 27.2 Å². The van der Waals surface area contributed by atoms with Crippen LogP contribution in [-0.2, 0) is 9.59 Å². The molecule has 1 aliphatic rings. The maximum absolute atomic E-state index is 12.0. The van der Waals surface area contributed by atoms with Gasteiger partial charge in [-0.15, -0.1) is 0 Å². The summed E-state index contributed by atoms with van der Waals surface area (Å²) < 4.78 is 0. The Labute approximate surface area is 112 Å². The highest BCUT2D eigenvalue weighted by molar-refractivity contribution is 5.86. The van der Waals surface area contributed by atoms with Gasteiger partial charge < -0.3 is 20.2 Å². The topological polar surface area (TPSA) is 90.0 Å². The number of rotatable bonds is 3. The van der Waals surface area contributed by atoms with Crippen LogP contribution in [0.3, 0.4) is 0 Å². The van der Waals surface area contributed by atoms with Gasteiger partial charge in [0.05, 0.1) is 5.92 Å². The van der Waals surface area contributed by atoms with E-state index in [2.05, 4.69) is 5.32 Å². The number of likely N-dealkylation sites (N-methyl/N-ethyl adjacent to an activating group) is 1. The fourth-order valence-corrected chi connectivity index (χ4v) is 2.09. The van der Waals surface area contributed by atoms with Crippen molar-refractivity contribution in [2.75, 3.05) is 27.2 Å². The Bertz CT molecular complexity index is 370. The maximum atomic E-state index is 12.0. The predicted molar refractivity (Wildman–Crippen MR) is 68.6 cm³/mol. The Morgan fingerprint density at radius 1 is 1.37 bits per heavy atom. The summed E-state index contributed by atoms with van der Waals surface area (Å²) in [6.45, 7) is 2.33. The third-order valence-electron chi connectivity index (χ3n) is 3.21. The summed E-state index contributed by atoms with van der Waals surface area (Å²) in [6, 6.07) is -0.999. The number of hydrogen-bond acceptors (Lipinski definition) is 3. The van der Waals surface area contributed by atoms with Crippen LogP contribution >= 0.6 is 0 Å². The molecule has 0 aromatic heterocycles. The molecule has 1 rings (SSSR count). The lowest BCUT2D eigenvalue weighted by Crippen LogP contribution is -2.52. The number of nitrogens with zero attached hydrogens (tertiary/aromatic N) is 2. The van der Waals surface area contributed by atoms with Crippen LogP contribution in [0.5, 0.6) is 0 Å². The second kappa shape index (κ2) is 6.40. The Balaban J connectivity index is 2.53. The number of likely N-dealkylation sites (tertiary alicyclic amines) is 1. The summed E-state index contributed by atoms with van der Waals surface area (Å²) in [5.74, 6) is -1.59. The van der Waals surface area contributed by atoms with Crippen LogP contribution in [0.4, 0.5) is 4.79 Å². The number of amides is 3. The van der Waals surface area contributed by atoms with Gasteiger partial charge in [-0.2, -0.15) is 0 Å². The molecule has 2 N–H and O–H groups in total. The summed E-state index contributed by atoms with van der Waals surface area (Å²) in [7, 11) is 3.23. The van der Waals surface area contributed by atoms with E-state index in [0.717, 1.165) is 0 Å². The molecule has 7 nitrogen and oxygen atoms in total. The molecular formula is C12H21N3O4. The molecule has 0 aliphatic carbocycles. The van der Waals surface area contributed by atoms with Crippen molar-refractivity contribution in [3.05, 3.63) is 0 Å². The summed E-state index contributed by atoms with van der Waals surface area (Å²) in [4.78, 5) is 37.4. The second-order valence-electron chi connectivity index (χ2n) is 5.03. The van der Waals surface area contributed by atoms with E-state index in [9.17, 15) is 14.4 Å². The number of nitrogens with one attached hydrogen (secondary N) is 1. The highest BCUT2D eigenvalue weighted by atomic mass is 16.4. The number of aliphatic carboxylic acids is 1. The van der Waals surface area contributed by atoms with Gasteiger partial charge in [0.15, 0.2) is 0 Å². The van der Waals surface area contributed by atoms with Crippen molar-refractivity contribution in [2.45, 2.75) is 25.8 Å². The van der Waals surface area contributed by atoms with E-state index in [4.69, 9.17) is 5.11 Å². The molecule has 2 atom stereocenters. The summed E-state index contributed by atoms with van der Waals surface area (Å²) in [6.07, 6.45) is 1.26. The molecule has 0 aromatic rings. The van der Waals surface area contributed by atoms with Gasteiger partial charge in [-0.1, -0.05) is 0 Å². The highest BCUT2D eigenvalue weighted by Gasteiger charge is 2.29. The molecule has 1 unspecified atom stereocenters. The number of carbonyl (C=O) groups is 3. The van der Waals surface area contributed by atoms with E-state index in [1.165, 1.54) is 9.80 Å². The molecule has 7 heteroatoms. The average molecular weight is 271 g/mol. The largest absolute Gasteiger partial charge is 0.481 e. The Kier molecular flexibility index (Phi) is 5.14. The first-order chi connectivity index (χ1) is 8.82. The molecule has 1 aliphatic heterocycles. The van der Waals surface area contributed by atoms with Gasteiger partial charge in [-0.25, -0.2) is 4.79 Å². The van der Waals surface area contributed by atoms with Crippen LogP contribution in [-0.4, -0.2) is 66.0 Å². The minimum Gasteiger partial charge on any atom is -0.481 e. The van der Waals surface area contributed by atoms with E-state index in [1.807, 2.05) is 0 Å². The molecular weight excluding hydrogens is 250 g/mol. The van der Waals surface area contributed by atoms with Crippen molar-refractivity contribution in [2.24, 2.45) is 5.92 Å². The summed E-state index contributed by atoms with van der Waals surface area (Å²) in [5.41, 5.74) is 0. The van der Waals surface area contributed by atoms with Crippen LogP contribution < -0.4 is 5.32 Å². The van der Waals surface area contributed by atoms with Crippen LogP contribution in [0.2, 0.25) is 0 Å². The number of carboxylic acid groups (broad SMARTS) is 1. The molecule has 0 radical (unpaired) electrons. The molecule has 3 amide bonds. The zero-order chi connectivity index (χ0) is 14.6. The van der Waals surface area contributed by atoms with E-state index in [-0.39, 0.29) is 18.5 Å². The third kappa shape index (κ3) is 4.11. The SMILES string of the molecule is CC(NC(=O)N1CCC[C@@H](C(=O)O)C1)C(=O)N(C)C. The molecule has 1 fully saturated rings. The zero-order valence-electron chi connectivity index (χ0n) is 11.5. The smallest absolute Gasteiger partial charge is 0.318 e. The zero-order valence-corrected chi connectivity index (χ0v) is 11.5. The first-order valence-corrected chi connectivity index (χ1v) is 6.32. The van der Waals surface area contributed by atoms with E-state index in [1.54, 1.807) is 21.0 Å². The molecule has 1 saturated heterocycles. The molecule has 0 bridgehead atoms. The third-order valence-corrected chi connectivity index (χ3v) is 3.21. The van der Waals surface area contributed by atoms with E-state index in [0.29, 0.717) is 19.4 Å². The summed E-state index contributed by atoms with van der Waals surface area (Å²) in [5, 5.41) is 11.6. The lowest BCUT2D eigenvalue weighted by molar-refractivity contribution is -0.143. The quantitative estimate of drug-likeness (QED) is 0.754. The number of carbonyl (C=O) groups excluding carboxylic acids is 2. The fourth-order valence-electron chi connectivity index (χ4n) is 2.09. The van der Waals surface area contributed by atoms with Crippen molar-refractivity contribution in [1.82, 2.24) is 15.1 Å². The molecule has 108 valence electrons. The van der Waals surface area contributed by atoms with Crippen LogP contribution in [0.25, 0.3) is 0 Å². The minimum absolute atomic E-state index is 0.194. The first-order valence-electron chi connectivity index (χ1n) is 6.32. The molecule has 0 aromatic carbocycles. The molecule has 0 spiro atoms. The number of carboxylic acids is 1. The maximum Gasteiger partial charge on any atom is 0.318 e. The van der Waals surface area contributed by atoms with Gasteiger partial charge in [-0.3, -0.25) is 9.59 Å². The van der Waals surface area contributed by atoms with Gasteiger partial charge in [-0.05, 0) is 19.8 Å². The van der Waals surface area contributed by atoms with Crippen molar-refractivity contribution in [1.29, 1.82) is 0 Å². The fraction of sp³-hybridized carbons (Fsp3) is 0.750. The lowest BCUT2D eigenvalue weighted by atomic mass is 9.99. The van der Waals surface area contributed by atoms with Crippen LogP contribution in [0.1, 0.15) is 19.8 Å². The lowest BCUT2D eigenvalue weighted by Gasteiger charge is -2.31. The number of piperidine rings is 1. The Morgan fingerprint density at radius 3 is 2.53 bits per heavy atom. The van der Waals surface area contributed by atoms with Gasteiger partial charge in [0.25, 0.3) is 0 Å². The number of hydrogen-bond donors (Lipinski definition) is 2. The van der Waals surface area contributed by atoms with E-state index < -0.39 is 17.9 Å². The van der Waals surface area contributed by atoms with E-state index >= 15 is 0 Å². The monoisotopic (exact) mass is 271 g/mol. The Hall–Kier alpha value is -1.79. The molecule has 0 saturated carbocycles. The Morgan fingerprint density at radius 2 is 2.00 bits per heavy atom. The van der Waals surface area contributed by atoms with Crippen molar-refractivity contribution >= 4 is 17.9 Å². The van der Waals surface area contributed by atoms with Crippen molar-refractivity contribution in [3.63, 3.8) is 0 Å². The number of urea groups is 1. The van der Waals surface area contributed by atoms with Crippen molar-refractivity contribution in [3.8, 4) is 0 Å². The van der Waals surface area contributed by atoms with Crippen molar-refractivity contribution < 1.29 is 19.5 Å². The van der Waals surface area contributed by atoms with Crippen LogP contribution in [0.15, 0.2) is 0 Å². The van der Waals surface area contributed by atoms with Crippen LogP contribution in [0, 0.1) is 5.92 Å². The van der Waals surface area contributed by atoms with Gasteiger partial charge in [0.1, 0.15) is 6.04 Å². The minimum atomic E-state index is -0.880.